The summed E-state index contributed by atoms with van der Waals surface area (Å²) in [5, 5.41) is 8.87. The number of aromatic nitrogens is 2. The van der Waals surface area contributed by atoms with Crippen molar-refractivity contribution in [1.29, 1.82) is 0 Å². The molecule has 0 aliphatic rings. The van der Waals surface area contributed by atoms with E-state index in [1.807, 2.05) is 18.7 Å². The Labute approximate surface area is 134 Å². The van der Waals surface area contributed by atoms with Crippen LogP contribution in [0.3, 0.4) is 0 Å². The smallest absolute Gasteiger partial charge is 0.0850 e. The second kappa shape index (κ2) is 8.76. The fourth-order valence-corrected chi connectivity index (χ4v) is 3.15. The van der Waals surface area contributed by atoms with Crippen molar-refractivity contribution in [2.45, 2.75) is 59.6 Å². The third-order valence-electron chi connectivity index (χ3n) is 3.80. The van der Waals surface area contributed by atoms with Crippen LogP contribution in [-0.2, 0) is 24.6 Å². The van der Waals surface area contributed by atoms with E-state index in [1.165, 1.54) is 0 Å². The molecule has 0 amide bonds. The number of nitrogens with one attached hydrogen (secondary N) is 1. The number of hydrogen-bond donors (Lipinski definition) is 1. The molecule has 2 atom stereocenters. The lowest BCUT2D eigenvalue weighted by Gasteiger charge is -2.30. The lowest BCUT2D eigenvalue weighted by Crippen LogP contribution is -2.46. The highest BCUT2D eigenvalue weighted by atomic mass is 35.5. The molecule has 5 heteroatoms. The van der Waals surface area contributed by atoms with Crippen LogP contribution < -0.4 is 5.32 Å². The van der Waals surface area contributed by atoms with E-state index in [2.05, 4.69) is 38.1 Å². The van der Waals surface area contributed by atoms with Crippen LogP contribution in [0.1, 0.15) is 46.0 Å². The molecule has 1 aromatic heterocycles. The number of nitrogens with zero attached hydrogens (tertiary/aromatic N) is 2. The topological polar surface area (TPSA) is 39.1 Å². The minimum absolute atomic E-state index is 0.172. The normalized spacial score (nSPS) is 14.7. The minimum atomic E-state index is 0.172. The molecule has 0 aliphatic carbocycles. The number of halogens is 1. The standard InChI is InChI=1S/C16H30ClN3O/c1-7-12-15(17)14(20(6)19-12)10-13(18-8-2)16(11(4)5)21-9-3/h11,13,16,18H,7-10H2,1-6H3. The average Bonchev–Trinajstić information content (AvgIpc) is 2.71. The van der Waals surface area contributed by atoms with Crippen LogP contribution >= 0.6 is 11.6 Å². The Balaban J connectivity index is 2.99. The van der Waals surface area contributed by atoms with Gasteiger partial charge in [-0.05, 0) is 25.8 Å². The molecular weight excluding hydrogens is 286 g/mol. The summed E-state index contributed by atoms with van der Waals surface area (Å²) in [4.78, 5) is 0. The Morgan fingerprint density at radius 3 is 2.38 bits per heavy atom. The second-order valence-corrected chi connectivity index (χ2v) is 6.09. The van der Waals surface area contributed by atoms with Gasteiger partial charge in [-0.15, -0.1) is 0 Å². The van der Waals surface area contributed by atoms with E-state index >= 15 is 0 Å². The summed E-state index contributed by atoms with van der Waals surface area (Å²) < 4.78 is 7.88. The maximum absolute atomic E-state index is 6.48. The van der Waals surface area contributed by atoms with Gasteiger partial charge in [-0.2, -0.15) is 5.10 Å². The third-order valence-corrected chi connectivity index (χ3v) is 4.23. The predicted octanol–water partition coefficient (Wildman–Crippen LogP) is 3.22. The maximum Gasteiger partial charge on any atom is 0.0850 e. The Kier molecular flexibility index (Phi) is 7.71. The van der Waals surface area contributed by atoms with Gasteiger partial charge in [0, 0.05) is 26.1 Å². The van der Waals surface area contributed by atoms with E-state index < -0.39 is 0 Å². The molecule has 2 unspecified atom stereocenters. The molecule has 1 aromatic rings. The predicted molar refractivity (Wildman–Crippen MR) is 89.0 cm³/mol. The quantitative estimate of drug-likeness (QED) is 0.760. The van der Waals surface area contributed by atoms with Crippen molar-refractivity contribution in [3.63, 3.8) is 0 Å². The molecule has 0 aromatic carbocycles. The van der Waals surface area contributed by atoms with Gasteiger partial charge in [-0.25, -0.2) is 0 Å². The van der Waals surface area contributed by atoms with E-state index in [-0.39, 0.29) is 12.1 Å². The molecule has 0 radical (unpaired) electrons. The second-order valence-electron chi connectivity index (χ2n) is 5.72. The van der Waals surface area contributed by atoms with Gasteiger partial charge in [-0.3, -0.25) is 4.68 Å². The maximum atomic E-state index is 6.48. The number of rotatable bonds is 9. The molecule has 4 nitrogen and oxygen atoms in total. The molecule has 0 fully saturated rings. The van der Waals surface area contributed by atoms with Crippen molar-refractivity contribution in [1.82, 2.24) is 15.1 Å². The summed E-state index contributed by atoms with van der Waals surface area (Å²) in [5.41, 5.74) is 2.06. The fourth-order valence-electron chi connectivity index (χ4n) is 2.78. The third kappa shape index (κ3) is 4.70. The molecule has 0 saturated heterocycles. The SMILES string of the molecule is CCNC(Cc1c(Cl)c(CC)nn1C)C(OCC)C(C)C. The van der Waals surface area contributed by atoms with E-state index in [0.29, 0.717) is 5.92 Å². The molecule has 0 bridgehead atoms. The monoisotopic (exact) mass is 315 g/mol. The molecule has 0 saturated carbocycles. The van der Waals surface area contributed by atoms with Gasteiger partial charge in [-0.1, -0.05) is 39.3 Å². The van der Waals surface area contributed by atoms with Gasteiger partial charge in [0.05, 0.1) is 22.5 Å². The molecule has 0 spiro atoms. The van der Waals surface area contributed by atoms with Gasteiger partial charge >= 0.3 is 0 Å². The first-order valence-corrected chi connectivity index (χ1v) is 8.39. The molecule has 122 valence electrons. The summed E-state index contributed by atoms with van der Waals surface area (Å²) in [6, 6.07) is 0.243. The number of hydrogen-bond acceptors (Lipinski definition) is 3. The summed E-state index contributed by atoms with van der Waals surface area (Å²) in [6.45, 7) is 12.3. The highest BCUT2D eigenvalue weighted by Gasteiger charge is 2.27. The van der Waals surface area contributed by atoms with E-state index in [9.17, 15) is 0 Å². The van der Waals surface area contributed by atoms with Gasteiger partial charge < -0.3 is 10.1 Å². The molecule has 1 N–H and O–H groups in total. The number of likely N-dealkylation sites (N-methyl/N-ethyl adjacent to an activating group) is 1. The van der Waals surface area contributed by atoms with Crippen LogP contribution in [0, 0.1) is 5.92 Å². The van der Waals surface area contributed by atoms with E-state index in [1.54, 1.807) is 0 Å². The fraction of sp³-hybridized carbons (Fsp3) is 0.812. The minimum Gasteiger partial charge on any atom is -0.377 e. The molecule has 21 heavy (non-hydrogen) atoms. The van der Waals surface area contributed by atoms with Gasteiger partial charge in [0.15, 0.2) is 0 Å². The van der Waals surface area contributed by atoms with Gasteiger partial charge in [0.25, 0.3) is 0 Å². The molecule has 1 heterocycles. The van der Waals surface area contributed by atoms with Crippen molar-refractivity contribution in [3.05, 3.63) is 16.4 Å². The number of ether oxygens (including phenoxy) is 1. The molecule has 1 rings (SSSR count). The Morgan fingerprint density at radius 1 is 1.29 bits per heavy atom. The Hall–Kier alpha value is -0.580. The van der Waals surface area contributed by atoms with Gasteiger partial charge in [0.2, 0.25) is 0 Å². The van der Waals surface area contributed by atoms with Crippen molar-refractivity contribution in [3.8, 4) is 0 Å². The van der Waals surface area contributed by atoms with E-state index in [4.69, 9.17) is 16.3 Å². The van der Waals surface area contributed by atoms with Crippen LogP contribution in [-0.4, -0.2) is 35.1 Å². The van der Waals surface area contributed by atoms with Crippen LogP contribution in [0.2, 0.25) is 5.02 Å². The zero-order valence-electron chi connectivity index (χ0n) is 14.2. The van der Waals surface area contributed by atoms with Crippen molar-refractivity contribution in [2.75, 3.05) is 13.2 Å². The van der Waals surface area contributed by atoms with Crippen molar-refractivity contribution in [2.24, 2.45) is 13.0 Å². The van der Waals surface area contributed by atoms with Crippen molar-refractivity contribution >= 4 is 11.6 Å². The van der Waals surface area contributed by atoms with E-state index in [0.717, 1.165) is 42.4 Å². The average molecular weight is 316 g/mol. The first-order valence-electron chi connectivity index (χ1n) is 8.01. The zero-order valence-corrected chi connectivity index (χ0v) is 15.0. The Morgan fingerprint density at radius 2 is 1.95 bits per heavy atom. The lowest BCUT2D eigenvalue weighted by atomic mass is 9.95. The zero-order chi connectivity index (χ0) is 16.0. The molecular formula is C16H30ClN3O. The highest BCUT2D eigenvalue weighted by molar-refractivity contribution is 6.31. The first-order chi connectivity index (χ1) is 9.96. The number of aryl methyl sites for hydroxylation is 2. The lowest BCUT2D eigenvalue weighted by molar-refractivity contribution is 0.00357. The van der Waals surface area contributed by atoms with Crippen LogP contribution in [0.5, 0.6) is 0 Å². The first kappa shape index (κ1) is 18.5. The Bertz CT molecular complexity index is 431. The summed E-state index contributed by atoms with van der Waals surface area (Å²) >= 11 is 6.48. The summed E-state index contributed by atoms with van der Waals surface area (Å²) in [5.74, 6) is 0.451. The summed E-state index contributed by atoms with van der Waals surface area (Å²) in [6.07, 6.45) is 1.86. The largest absolute Gasteiger partial charge is 0.377 e. The molecule has 0 aliphatic heterocycles. The highest BCUT2D eigenvalue weighted by Crippen LogP contribution is 2.24. The van der Waals surface area contributed by atoms with Crippen molar-refractivity contribution < 1.29 is 4.74 Å². The summed E-state index contributed by atoms with van der Waals surface area (Å²) in [7, 11) is 1.97. The van der Waals surface area contributed by atoms with Crippen LogP contribution in [0.4, 0.5) is 0 Å². The van der Waals surface area contributed by atoms with Crippen LogP contribution in [0.15, 0.2) is 0 Å². The van der Waals surface area contributed by atoms with Crippen LogP contribution in [0.25, 0.3) is 0 Å². The van der Waals surface area contributed by atoms with Gasteiger partial charge in [0.1, 0.15) is 0 Å².